The van der Waals surface area contributed by atoms with Gasteiger partial charge < -0.3 is 26.4 Å². The fourth-order valence-corrected chi connectivity index (χ4v) is 1.46. The molecule has 0 fully saturated rings. The van der Waals surface area contributed by atoms with Crippen LogP contribution in [0.2, 0.25) is 0 Å². The van der Waals surface area contributed by atoms with E-state index in [2.05, 4.69) is 0 Å². The Morgan fingerprint density at radius 2 is 1.20 bits per heavy atom. The van der Waals surface area contributed by atoms with Gasteiger partial charge in [-0.1, -0.05) is 51.3 Å². The average Bonchev–Trinajstić information content (AvgIpc) is 2.70. The highest BCUT2D eigenvalue weighted by Crippen LogP contribution is 1.98. The van der Waals surface area contributed by atoms with Crippen LogP contribution in [0.1, 0.15) is 35.6 Å². The summed E-state index contributed by atoms with van der Waals surface area (Å²) in [5.74, 6) is -3.92. The largest absolute Gasteiger partial charge is 0.478 e. The summed E-state index contributed by atoms with van der Waals surface area (Å²) in [5.41, 5.74) is 5.83. The summed E-state index contributed by atoms with van der Waals surface area (Å²) in [6.07, 6.45) is -2.04. The predicted octanol–water partition coefficient (Wildman–Crippen LogP) is 1.15. The van der Waals surface area contributed by atoms with Crippen LogP contribution in [0.3, 0.4) is 0 Å². The van der Waals surface area contributed by atoms with Crippen LogP contribution in [0, 0.1) is 0 Å². The maximum absolute atomic E-state index is 11.2. The molecule has 0 aliphatic rings. The topological polar surface area (TPSA) is 184 Å². The number of benzene rings is 2. The lowest BCUT2D eigenvalue weighted by Crippen LogP contribution is -2.40. The number of nitrogens with one attached hydrogen (secondary N) is 1. The van der Waals surface area contributed by atoms with E-state index < -0.39 is 24.1 Å². The Morgan fingerprint density at radius 3 is 1.47 bits per heavy atom. The van der Waals surface area contributed by atoms with Gasteiger partial charge in [0.1, 0.15) is 0 Å². The van der Waals surface area contributed by atoms with Gasteiger partial charge in [0.25, 0.3) is 5.91 Å². The third-order valence-electron chi connectivity index (χ3n) is 2.70. The second-order valence-corrected chi connectivity index (χ2v) is 4.77. The minimum atomic E-state index is -1.87. The van der Waals surface area contributed by atoms with Crippen molar-refractivity contribution in [2.75, 3.05) is 0 Å². The minimum Gasteiger partial charge on any atom is -0.478 e. The summed E-state index contributed by atoms with van der Waals surface area (Å²) < 4.78 is 0. The first-order valence-electron chi connectivity index (χ1n) is 7.48. The molecular weight excluding hydrogens is 396 g/mol. The fourth-order valence-electron chi connectivity index (χ4n) is 1.46. The molecule has 0 radical (unpaired) electrons. The number of aldehydes is 1. The molecule has 0 saturated heterocycles. The molecule has 10 nitrogen and oxygen atoms in total. The molecule has 0 heterocycles. The predicted molar refractivity (Wildman–Crippen MR) is 110 cm³/mol. The average molecular weight is 422 g/mol. The van der Waals surface area contributed by atoms with Gasteiger partial charge in [0, 0.05) is 11.1 Å². The van der Waals surface area contributed by atoms with Crippen molar-refractivity contribution in [1.29, 1.82) is 0 Å². The van der Waals surface area contributed by atoms with Crippen molar-refractivity contribution in [2.45, 2.75) is 21.1 Å². The van der Waals surface area contributed by atoms with Crippen LogP contribution < -0.4 is 11.1 Å². The maximum Gasteiger partial charge on any atom is 0.368 e. The van der Waals surface area contributed by atoms with Gasteiger partial charge in [0.2, 0.25) is 18.4 Å². The number of aliphatic hydroxyl groups excluding tert-OH is 1. The third kappa shape index (κ3) is 14.1. The molecule has 1 atom stereocenters. The number of nitrogens with two attached hydrogens (primary N) is 1. The zero-order valence-corrected chi connectivity index (χ0v) is 14.4. The molecule has 2 rings (SSSR count). The Bertz CT molecular complexity index is 795. The number of carboxylic acid groups (broad SMARTS) is 2. The van der Waals surface area contributed by atoms with Gasteiger partial charge in [0.15, 0.2) is 0 Å². The second kappa shape index (κ2) is 17.1. The van der Waals surface area contributed by atoms with Crippen LogP contribution >= 0.6 is 0 Å². The summed E-state index contributed by atoms with van der Waals surface area (Å²) in [4.78, 5) is 49.8. The Balaban J connectivity index is -0.000000395. The zero-order valence-electron chi connectivity index (χ0n) is 14.4. The number of rotatable bonds is 5. The van der Waals surface area contributed by atoms with E-state index in [0.717, 1.165) is 0 Å². The molecule has 164 valence electrons. The van der Waals surface area contributed by atoms with Gasteiger partial charge in [-0.3, -0.25) is 14.4 Å². The molecule has 0 spiro atoms. The van der Waals surface area contributed by atoms with Crippen LogP contribution in [0.25, 0.3) is 0 Å². The van der Waals surface area contributed by atoms with Crippen molar-refractivity contribution in [1.82, 2.24) is 5.32 Å². The number of hydrogen-bond acceptors (Lipinski definition) is 6. The maximum atomic E-state index is 11.2. The number of aliphatic hydroxyl groups is 1. The van der Waals surface area contributed by atoms with Crippen molar-refractivity contribution in [3.8, 4) is 0 Å². The second-order valence-electron chi connectivity index (χ2n) is 4.77. The Kier molecular flexibility index (Phi) is 17.5. The van der Waals surface area contributed by atoms with Crippen molar-refractivity contribution < 1.29 is 39.3 Å². The Morgan fingerprint density at radius 1 is 0.833 bits per heavy atom. The van der Waals surface area contributed by atoms with Crippen molar-refractivity contribution in [3.63, 3.8) is 0 Å². The van der Waals surface area contributed by atoms with E-state index in [1.165, 1.54) is 12.1 Å². The highest BCUT2D eigenvalue weighted by molar-refractivity contribution is 6.19. The minimum absolute atomic E-state index is 0. The van der Waals surface area contributed by atoms with Gasteiger partial charge in [-0.15, -0.1) is 0 Å². The van der Waals surface area contributed by atoms with Gasteiger partial charge in [0.05, 0.1) is 0 Å². The number of carbonyl (C=O) groups excluding carboxylic acids is 3. The van der Waals surface area contributed by atoms with Crippen LogP contribution in [-0.2, 0) is 14.4 Å². The van der Waals surface area contributed by atoms with Crippen LogP contribution in [0.4, 0.5) is 0 Å². The highest BCUT2D eigenvalue weighted by Gasteiger charge is 2.16. The number of primary amides is 1. The first-order chi connectivity index (χ1) is 13.2. The summed E-state index contributed by atoms with van der Waals surface area (Å²) >= 11 is 0. The van der Waals surface area contributed by atoms with Gasteiger partial charge in [-0.05, 0) is 24.3 Å². The molecule has 2 aromatic rings. The first-order valence-corrected chi connectivity index (χ1v) is 7.48. The summed E-state index contributed by atoms with van der Waals surface area (Å²) in [5, 5.41) is 26.4. The van der Waals surface area contributed by atoms with E-state index in [1.807, 2.05) is 11.4 Å². The summed E-state index contributed by atoms with van der Waals surface area (Å²) in [6, 6.07) is 16.8. The van der Waals surface area contributed by atoms with Crippen LogP contribution in [-0.4, -0.2) is 51.6 Å². The van der Waals surface area contributed by atoms with E-state index in [0.29, 0.717) is 11.1 Å². The van der Waals surface area contributed by atoms with Crippen LogP contribution in [0.15, 0.2) is 60.7 Å². The molecule has 2 amide bonds. The molecule has 10 heteroatoms. The molecular formula is C20H26N2O8. The van der Waals surface area contributed by atoms with Gasteiger partial charge >= 0.3 is 11.9 Å². The molecule has 6 N–H and O–H groups in total. The quantitative estimate of drug-likeness (QED) is 0.270. The number of aliphatic carboxylic acids is 2. The van der Waals surface area contributed by atoms with E-state index in [1.54, 1.807) is 42.5 Å². The van der Waals surface area contributed by atoms with Crippen molar-refractivity contribution >= 4 is 30.0 Å². The molecule has 2 aromatic carbocycles. The van der Waals surface area contributed by atoms with E-state index in [-0.39, 0.29) is 27.0 Å². The molecule has 0 saturated carbocycles. The smallest absolute Gasteiger partial charge is 0.368 e. The normalized spacial score (nSPS) is 9.23. The Labute approximate surface area is 174 Å². The van der Waals surface area contributed by atoms with Crippen LogP contribution in [0.5, 0.6) is 0 Å². The van der Waals surface area contributed by atoms with Crippen molar-refractivity contribution in [3.05, 3.63) is 71.8 Å². The molecule has 0 aliphatic carbocycles. The molecule has 0 aromatic heterocycles. The highest BCUT2D eigenvalue weighted by atomic mass is 16.4. The van der Waals surface area contributed by atoms with E-state index in [4.69, 9.17) is 30.6 Å². The lowest BCUT2D eigenvalue weighted by atomic mass is 10.2. The third-order valence-corrected chi connectivity index (χ3v) is 2.70. The monoisotopic (exact) mass is 422 g/mol. The number of hydrogen-bond donors (Lipinski definition) is 5. The molecule has 1 unspecified atom stereocenters. The van der Waals surface area contributed by atoms with Gasteiger partial charge in [-0.2, -0.15) is 0 Å². The number of carbonyl (C=O) groups is 5. The fraction of sp³-hybridized carbons (Fsp3) is 0.150. The number of amides is 2. The zero-order chi connectivity index (χ0) is 21.5. The molecule has 0 aliphatic heterocycles. The lowest BCUT2D eigenvalue weighted by Gasteiger charge is -2.07. The van der Waals surface area contributed by atoms with E-state index >= 15 is 0 Å². The number of carboxylic acids is 2. The van der Waals surface area contributed by atoms with Crippen molar-refractivity contribution in [2.24, 2.45) is 5.73 Å². The SMILES string of the molecule is C.C.NC(=O)c1ccccc1.O=C(NC(O)C(=O)O)c1ccccc1.O=CC(=O)O. The van der Waals surface area contributed by atoms with Gasteiger partial charge in [-0.25, -0.2) is 9.59 Å². The lowest BCUT2D eigenvalue weighted by molar-refractivity contribution is -0.147. The summed E-state index contributed by atoms with van der Waals surface area (Å²) in [6.45, 7) is 0. The Hall–Kier alpha value is -4.05. The summed E-state index contributed by atoms with van der Waals surface area (Å²) in [7, 11) is 0. The molecule has 30 heavy (non-hydrogen) atoms. The molecule has 0 bridgehead atoms. The first kappa shape index (κ1) is 30.7. The van der Waals surface area contributed by atoms with E-state index in [9.17, 15) is 14.4 Å². The standard InChI is InChI=1S/C9H9NO4.C7H7NO.C2H2O3.2CH4/c11-7(10-8(12)9(13)14)6-4-2-1-3-5-6;8-7(9)6-4-2-1-3-5-6;3-1-2(4)5;;/h1-5,8,12H,(H,10,11)(H,13,14);1-5H,(H2,8,9);1H,(H,4,5);2*1H4.